The minimum atomic E-state index is 0.609. The largest absolute Gasteiger partial charge is 0.378 e. The zero-order chi connectivity index (χ0) is 14.1. The van der Waals surface area contributed by atoms with Crippen LogP contribution in [0.1, 0.15) is 11.3 Å². The Labute approximate surface area is 127 Å². The number of para-hydroxylation sites is 2. The van der Waals surface area contributed by atoms with Crippen molar-refractivity contribution in [3.8, 4) is 0 Å². The molecule has 0 aliphatic carbocycles. The van der Waals surface area contributed by atoms with Crippen LogP contribution >= 0.6 is 23.2 Å². The number of benzene rings is 2. The van der Waals surface area contributed by atoms with Gasteiger partial charge in [-0.15, -0.1) is 0 Å². The van der Waals surface area contributed by atoms with E-state index in [-0.39, 0.29) is 0 Å². The van der Waals surface area contributed by atoms with Gasteiger partial charge in [-0.3, -0.25) is 0 Å². The Morgan fingerprint density at radius 3 is 2.60 bits per heavy atom. The molecule has 0 amide bonds. The van der Waals surface area contributed by atoms with Gasteiger partial charge in [0.2, 0.25) is 0 Å². The zero-order valence-electron chi connectivity index (χ0n) is 11.0. The Morgan fingerprint density at radius 2 is 1.85 bits per heavy atom. The van der Waals surface area contributed by atoms with E-state index in [0.717, 1.165) is 37.9 Å². The van der Waals surface area contributed by atoms with Crippen LogP contribution in [-0.4, -0.2) is 4.98 Å². The highest BCUT2D eigenvalue weighted by molar-refractivity contribution is 6.36. The van der Waals surface area contributed by atoms with Crippen molar-refractivity contribution in [1.29, 1.82) is 0 Å². The van der Waals surface area contributed by atoms with E-state index in [0.29, 0.717) is 6.54 Å². The van der Waals surface area contributed by atoms with Crippen LogP contribution in [0.15, 0.2) is 42.5 Å². The van der Waals surface area contributed by atoms with Gasteiger partial charge in [0, 0.05) is 10.9 Å². The third-order valence-corrected chi connectivity index (χ3v) is 4.12. The molecule has 0 saturated carbocycles. The highest BCUT2D eigenvalue weighted by atomic mass is 35.5. The second-order valence-corrected chi connectivity index (χ2v) is 5.53. The summed E-state index contributed by atoms with van der Waals surface area (Å²) in [5.74, 6) is 0. The first-order valence-electron chi connectivity index (χ1n) is 6.41. The molecule has 0 atom stereocenters. The molecular weight excluding hydrogens is 291 g/mol. The van der Waals surface area contributed by atoms with Crippen LogP contribution < -0.4 is 5.32 Å². The predicted molar refractivity (Wildman–Crippen MR) is 86.8 cm³/mol. The fraction of sp³-hybridized carbons (Fsp3) is 0.125. The van der Waals surface area contributed by atoms with E-state index in [1.54, 1.807) is 0 Å². The number of hydrogen-bond acceptors (Lipinski definition) is 1. The molecule has 0 fully saturated rings. The molecule has 3 rings (SSSR count). The van der Waals surface area contributed by atoms with E-state index >= 15 is 0 Å². The molecule has 2 nitrogen and oxygen atoms in total. The maximum absolute atomic E-state index is 6.40. The maximum atomic E-state index is 6.40. The molecule has 0 spiro atoms. The Kier molecular flexibility index (Phi) is 3.60. The summed E-state index contributed by atoms with van der Waals surface area (Å²) in [5, 5.41) is 5.88. The van der Waals surface area contributed by atoms with E-state index < -0.39 is 0 Å². The van der Waals surface area contributed by atoms with Gasteiger partial charge in [0.1, 0.15) is 0 Å². The third-order valence-electron chi connectivity index (χ3n) is 3.38. The molecule has 2 aromatic carbocycles. The lowest BCUT2D eigenvalue weighted by Gasteiger charge is -2.10. The number of aryl methyl sites for hydroxylation is 1. The molecule has 1 aromatic heterocycles. The predicted octanol–water partition coefficient (Wildman–Crippen LogP) is 5.40. The minimum absolute atomic E-state index is 0.609. The van der Waals surface area contributed by atoms with Gasteiger partial charge in [-0.2, -0.15) is 0 Å². The maximum Gasteiger partial charge on any atom is 0.0710 e. The molecule has 0 aliphatic heterocycles. The molecule has 0 saturated heterocycles. The molecule has 0 aliphatic rings. The lowest BCUT2D eigenvalue weighted by molar-refractivity contribution is 1.08. The van der Waals surface area contributed by atoms with Crippen LogP contribution in [0.5, 0.6) is 0 Å². The first-order chi connectivity index (χ1) is 9.66. The molecule has 20 heavy (non-hydrogen) atoms. The first kappa shape index (κ1) is 13.3. The molecule has 0 radical (unpaired) electrons. The van der Waals surface area contributed by atoms with Crippen molar-refractivity contribution in [3.05, 3.63) is 63.8 Å². The standard InChI is InChI=1S/C16H14Cl2N2/c1-10-5-4-7-12(17)16(10)19-9-14-15(18)11-6-2-3-8-13(11)20-14/h2-8,19-20H,9H2,1H3. The van der Waals surface area contributed by atoms with Crippen molar-refractivity contribution in [3.63, 3.8) is 0 Å². The van der Waals surface area contributed by atoms with Gasteiger partial charge in [-0.05, 0) is 24.6 Å². The van der Waals surface area contributed by atoms with E-state index in [1.807, 2.05) is 49.4 Å². The highest BCUT2D eigenvalue weighted by Crippen LogP contribution is 2.30. The number of H-pyrrole nitrogens is 1. The van der Waals surface area contributed by atoms with E-state index in [2.05, 4.69) is 10.3 Å². The summed E-state index contributed by atoms with van der Waals surface area (Å²) in [7, 11) is 0. The number of nitrogens with one attached hydrogen (secondary N) is 2. The molecule has 0 bridgehead atoms. The third kappa shape index (κ3) is 2.37. The number of fused-ring (bicyclic) bond motifs is 1. The molecule has 2 N–H and O–H groups in total. The quantitative estimate of drug-likeness (QED) is 0.666. The van der Waals surface area contributed by atoms with Crippen molar-refractivity contribution in [2.24, 2.45) is 0 Å². The van der Waals surface area contributed by atoms with Gasteiger partial charge in [-0.1, -0.05) is 53.5 Å². The van der Waals surface area contributed by atoms with Crippen molar-refractivity contribution in [2.45, 2.75) is 13.5 Å². The first-order valence-corrected chi connectivity index (χ1v) is 7.16. The molecule has 4 heteroatoms. The number of rotatable bonds is 3. The second-order valence-electron chi connectivity index (χ2n) is 4.75. The average molecular weight is 305 g/mol. The van der Waals surface area contributed by atoms with Gasteiger partial charge in [0.05, 0.1) is 28.0 Å². The summed E-state index contributed by atoms with van der Waals surface area (Å²) in [6.45, 7) is 2.64. The minimum Gasteiger partial charge on any atom is -0.378 e. The topological polar surface area (TPSA) is 27.8 Å². The fourth-order valence-electron chi connectivity index (χ4n) is 2.32. The zero-order valence-corrected chi connectivity index (χ0v) is 12.5. The van der Waals surface area contributed by atoms with E-state index in [1.165, 1.54) is 0 Å². The van der Waals surface area contributed by atoms with Crippen molar-refractivity contribution < 1.29 is 0 Å². The lowest BCUT2D eigenvalue weighted by atomic mass is 10.2. The van der Waals surface area contributed by atoms with Crippen LogP contribution in [0.4, 0.5) is 5.69 Å². The van der Waals surface area contributed by atoms with Crippen molar-refractivity contribution in [1.82, 2.24) is 4.98 Å². The smallest absolute Gasteiger partial charge is 0.0710 e. The summed E-state index contributed by atoms with van der Waals surface area (Å²) in [6.07, 6.45) is 0. The fourth-order valence-corrected chi connectivity index (χ4v) is 2.89. The van der Waals surface area contributed by atoms with Crippen LogP contribution in [-0.2, 0) is 6.54 Å². The van der Waals surface area contributed by atoms with Crippen LogP contribution in [0.2, 0.25) is 10.0 Å². The SMILES string of the molecule is Cc1cccc(Cl)c1NCc1[nH]c2ccccc2c1Cl. The summed E-state index contributed by atoms with van der Waals surface area (Å²) in [4.78, 5) is 3.34. The average Bonchev–Trinajstić information content (AvgIpc) is 2.76. The molecular formula is C16H14Cl2N2. The normalized spacial score (nSPS) is 10.9. The molecule has 102 valence electrons. The Hall–Kier alpha value is -1.64. The van der Waals surface area contributed by atoms with Crippen LogP contribution in [0.3, 0.4) is 0 Å². The summed E-state index contributed by atoms with van der Waals surface area (Å²) in [5.41, 5.74) is 4.07. The Morgan fingerprint density at radius 1 is 1.05 bits per heavy atom. The molecule has 3 aromatic rings. The summed E-state index contributed by atoms with van der Waals surface area (Å²) >= 11 is 12.6. The number of aromatic amines is 1. The molecule has 0 unspecified atom stereocenters. The summed E-state index contributed by atoms with van der Waals surface area (Å²) < 4.78 is 0. The van der Waals surface area contributed by atoms with Gasteiger partial charge in [-0.25, -0.2) is 0 Å². The van der Waals surface area contributed by atoms with Crippen molar-refractivity contribution in [2.75, 3.05) is 5.32 Å². The lowest BCUT2D eigenvalue weighted by Crippen LogP contribution is -2.02. The van der Waals surface area contributed by atoms with Crippen molar-refractivity contribution >= 4 is 39.8 Å². The number of aromatic nitrogens is 1. The second kappa shape index (κ2) is 5.39. The van der Waals surface area contributed by atoms with Gasteiger partial charge >= 0.3 is 0 Å². The summed E-state index contributed by atoms with van der Waals surface area (Å²) in [6, 6.07) is 13.9. The van der Waals surface area contributed by atoms with Gasteiger partial charge in [0.25, 0.3) is 0 Å². The van der Waals surface area contributed by atoms with Crippen LogP contribution in [0.25, 0.3) is 10.9 Å². The van der Waals surface area contributed by atoms with E-state index in [4.69, 9.17) is 23.2 Å². The van der Waals surface area contributed by atoms with Gasteiger partial charge < -0.3 is 10.3 Å². The Balaban J connectivity index is 1.89. The molecule has 1 heterocycles. The monoisotopic (exact) mass is 304 g/mol. The Bertz CT molecular complexity index is 742. The number of anilines is 1. The number of hydrogen-bond donors (Lipinski definition) is 2. The van der Waals surface area contributed by atoms with Gasteiger partial charge in [0.15, 0.2) is 0 Å². The number of halogens is 2. The highest BCUT2D eigenvalue weighted by Gasteiger charge is 2.10. The van der Waals surface area contributed by atoms with E-state index in [9.17, 15) is 0 Å². The van der Waals surface area contributed by atoms with Crippen LogP contribution in [0, 0.1) is 6.92 Å².